The first-order valence-electron chi connectivity index (χ1n) is 7.92. The smallest absolute Gasteiger partial charge is 0.314 e. The Bertz CT molecular complexity index is 680. The minimum atomic E-state index is -0.329. The van der Waals surface area contributed by atoms with Gasteiger partial charge in [0.2, 0.25) is 0 Å². The number of carbonyl (C=O) groups excluding carboxylic acids is 1. The van der Waals surface area contributed by atoms with Gasteiger partial charge in [-0.05, 0) is 43.7 Å². The predicted molar refractivity (Wildman–Crippen MR) is 85.8 cm³/mol. The van der Waals surface area contributed by atoms with Gasteiger partial charge in [0.05, 0.1) is 0 Å². The van der Waals surface area contributed by atoms with E-state index in [1.54, 1.807) is 13.1 Å². The third-order valence-electron chi connectivity index (χ3n) is 4.30. The monoisotopic (exact) mass is 320 g/mol. The Hall–Kier alpha value is -2.31. The normalized spacial score (nSPS) is 21.1. The molecule has 2 amide bonds. The fraction of sp³-hybridized carbons (Fsp3) is 0.500. The molecule has 1 saturated carbocycles. The second-order valence-corrected chi connectivity index (χ2v) is 5.95. The highest BCUT2D eigenvalue weighted by Crippen LogP contribution is 2.27. The highest BCUT2D eigenvalue weighted by molar-refractivity contribution is 5.74. The molecule has 0 bridgehead atoms. The molecule has 0 aliphatic heterocycles. The highest BCUT2D eigenvalue weighted by atomic mass is 19.1. The molecule has 3 N–H and O–H groups in total. The number of halogens is 1. The van der Waals surface area contributed by atoms with Crippen molar-refractivity contribution in [2.75, 3.05) is 18.9 Å². The van der Waals surface area contributed by atoms with Crippen LogP contribution >= 0.6 is 0 Å². The summed E-state index contributed by atoms with van der Waals surface area (Å²) in [5.41, 5.74) is 1.10. The SMILES string of the molecule is CNC(=O)NCC1CCC(Nc2nc3ccc(F)cc3o2)CC1. The molecule has 0 spiro atoms. The van der Waals surface area contributed by atoms with E-state index in [0.717, 1.165) is 25.7 Å². The van der Waals surface area contributed by atoms with Crippen LogP contribution in [0.2, 0.25) is 0 Å². The lowest BCUT2D eigenvalue weighted by molar-refractivity contribution is 0.237. The first-order chi connectivity index (χ1) is 11.1. The maximum atomic E-state index is 13.2. The molecule has 1 aromatic carbocycles. The first-order valence-corrected chi connectivity index (χ1v) is 7.92. The van der Waals surface area contributed by atoms with Crippen LogP contribution in [-0.2, 0) is 0 Å². The number of oxazole rings is 1. The van der Waals surface area contributed by atoms with Crippen molar-refractivity contribution in [2.45, 2.75) is 31.7 Å². The van der Waals surface area contributed by atoms with E-state index in [9.17, 15) is 9.18 Å². The number of benzene rings is 1. The summed E-state index contributed by atoms with van der Waals surface area (Å²) in [5, 5.41) is 8.69. The van der Waals surface area contributed by atoms with Crippen molar-refractivity contribution < 1.29 is 13.6 Å². The van der Waals surface area contributed by atoms with Crippen LogP contribution in [0.5, 0.6) is 0 Å². The summed E-state index contributed by atoms with van der Waals surface area (Å²) in [5.74, 6) is 0.174. The van der Waals surface area contributed by atoms with Gasteiger partial charge in [-0.1, -0.05) is 0 Å². The van der Waals surface area contributed by atoms with Gasteiger partial charge in [-0.2, -0.15) is 4.98 Å². The summed E-state index contributed by atoms with van der Waals surface area (Å²) in [4.78, 5) is 15.5. The van der Waals surface area contributed by atoms with Gasteiger partial charge in [0.25, 0.3) is 6.01 Å². The van der Waals surface area contributed by atoms with Crippen molar-refractivity contribution in [3.8, 4) is 0 Å². The Labute approximate surface area is 133 Å². The van der Waals surface area contributed by atoms with E-state index in [2.05, 4.69) is 20.9 Å². The van der Waals surface area contributed by atoms with Crippen molar-refractivity contribution in [3.63, 3.8) is 0 Å². The van der Waals surface area contributed by atoms with Gasteiger partial charge < -0.3 is 20.4 Å². The fourth-order valence-electron chi connectivity index (χ4n) is 2.97. The van der Waals surface area contributed by atoms with Crippen molar-refractivity contribution >= 4 is 23.1 Å². The molecule has 1 fully saturated rings. The molecular weight excluding hydrogens is 299 g/mol. The van der Waals surface area contributed by atoms with Crippen molar-refractivity contribution in [2.24, 2.45) is 5.92 Å². The van der Waals surface area contributed by atoms with Crippen LogP contribution in [0, 0.1) is 11.7 Å². The van der Waals surface area contributed by atoms with Crippen molar-refractivity contribution in [1.29, 1.82) is 0 Å². The van der Waals surface area contributed by atoms with E-state index in [0.29, 0.717) is 35.6 Å². The molecule has 6 nitrogen and oxygen atoms in total. The molecular formula is C16H21FN4O2. The Balaban J connectivity index is 1.50. The zero-order chi connectivity index (χ0) is 16.2. The molecule has 7 heteroatoms. The number of hydrogen-bond donors (Lipinski definition) is 3. The number of anilines is 1. The van der Waals surface area contributed by atoms with Crippen LogP contribution in [0.1, 0.15) is 25.7 Å². The Morgan fingerprint density at radius 2 is 2.13 bits per heavy atom. The summed E-state index contributed by atoms with van der Waals surface area (Å²) < 4.78 is 18.7. The highest BCUT2D eigenvalue weighted by Gasteiger charge is 2.22. The van der Waals surface area contributed by atoms with E-state index in [1.165, 1.54) is 12.1 Å². The molecule has 1 aliphatic rings. The molecule has 1 heterocycles. The fourth-order valence-corrected chi connectivity index (χ4v) is 2.97. The molecule has 23 heavy (non-hydrogen) atoms. The Morgan fingerprint density at radius 1 is 1.35 bits per heavy atom. The number of rotatable bonds is 4. The van der Waals surface area contributed by atoms with Crippen LogP contribution < -0.4 is 16.0 Å². The molecule has 1 aliphatic carbocycles. The zero-order valence-electron chi connectivity index (χ0n) is 13.1. The van der Waals surface area contributed by atoms with Gasteiger partial charge in [0.1, 0.15) is 11.3 Å². The van der Waals surface area contributed by atoms with E-state index in [-0.39, 0.29) is 11.8 Å². The van der Waals surface area contributed by atoms with E-state index >= 15 is 0 Å². The maximum absolute atomic E-state index is 13.2. The molecule has 0 atom stereocenters. The Kier molecular flexibility index (Phi) is 4.64. The third-order valence-corrected chi connectivity index (χ3v) is 4.30. The molecule has 2 aromatic rings. The van der Waals surface area contributed by atoms with Gasteiger partial charge in [-0.25, -0.2) is 9.18 Å². The van der Waals surface area contributed by atoms with Crippen LogP contribution in [0.25, 0.3) is 11.1 Å². The van der Waals surface area contributed by atoms with Gasteiger partial charge in [-0.15, -0.1) is 0 Å². The average Bonchev–Trinajstić information content (AvgIpc) is 2.95. The van der Waals surface area contributed by atoms with Crippen LogP contribution in [-0.4, -0.2) is 30.6 Å². The standard InChI is InChI=1S/C16H21FN4O2/c1-18-15(22)19-9-10-2-5-12(6-3-10)20-16-21-13-7-4-11(17)8-14(13)23-16/h4,7-8,10,12H,2-3,5-6,9H2,1H3,(H,20,21)(H2,18,19,22). The second-order valence-electron chi connectivity index (χ2n) is 5.95. The molecule has 0 radical (unpaired) electrons. The van der Waals surface area contributed by atoms with Crippen LogP contribution in [0.4, 0.5) is 15.2 Å². The van der Waals surface area contributed by atoms with E-state index in [4.69, 9.17) is 4.42 Å². The predicted octanol–water partition coefficient (Wildman–Crippen LogP) is 2.87. The molecule has 0 saturated heterocycles. The molecule has 3 rings (SSSR count). The zero-order valence-corrected chi connectivity index (χ0v) is 13.1. The first kappa shape index (κ1) is 15.6. The van der Waals surface area contributed by atoms with Gasteiger partial charge in [0, 0.05) is 25.7 Å². The number of amides is 2. The molecule has 0 unspecified atom stereocenters. The number of nitrogens with zero attached hydrogens (tertiary/aromatic N) is 1. The van der Waals surface area contributed by atoms with Gasteiger partial charge in [0.15, 0.2) is 5.58 Å². The lowest BCUT2D eigenvalue weighted by Gasteiger charge is -2.28. The number of urea groups is 1. The lowest BCUT2D eigenvalue weighted by atomic mass is 9.86. The largest absolute Gasteiger partial charge is 0.423 e. The van der Waals surface area contributed by atoms with E-state index in [1.807, 2.05) is 0 Å². The van der Waals surface area contributed by atoms with Crippen molar-refractivity contribution in [1.82, 2.24) is 15.6 Å². The minimum Gasteiger partial charge on any atom is -0.423 e. The number of nitrogens with one attached hydrogen (secondary N) is 3. The maximum Gasteiger partial charge on any atom is 0.314 e. The van der Waals surface area contributed by atoms with Crippen molar-refractivity contribution in [3.05, 3.63) is 24.0 Å². The average molecular weight is 320 g/mol. The topological polar surface area (TPSA) is 79.2 Å². The summed E-state index contributed by atoms with van der Waals surface area (Å²) >= 11 is 0. The Morgan fingerprint density at radius 3 is 2.87 bits per heavy atom. The minimum absolute atomic E-state index is 0.135. The lowest BCUT2D eigenvalue weighted by Crippen LogP contribution is -2.38. The summed E-state index contributed by atoms with van der Waals surface area (Å²) in [6.07, 6.45) is 4.06. The quantitative estimate of drug-likeness (QED) is 0.809. The molecule has 1 aromatic heterocycles. The van der Waals surface area contributed by atoms with E-state index < -0.39 is 0 Å². The summed E-state index contributed by atoms with van der Waals surface area (Å²) in [6, 6.07) is 4.93. The number of fused-ring (bicyclic) bond motifs is 1. The number of aromatic nitrogens is 1. The van der Waals surface area contributed by atoms with Crippen LogP contribution in [0.3, 0.4) is 0 Å². The number of hydrogen-bond acceptors (Lipinski definition) is 4. The third kappa shape index (κ3) is 3.91. The summed E-state index contributed by atoms with van der Waals surface area (Å²) in [6.45, 7) is 0.703. The molecule has 124 valence electrons. The summed E-state index contributed by atoms with van der Waals surface area (Å²) in [7, 11) is 1.61. The van der Waals surface area contributed by atoms with Gasteiger partial charge in [-0.3, -0.25) is 0 Å². The van der Waals surface area contributed by atoms with Gasteiger partial charge >= 0.3 is 6.03 Å². The van der Waals surface area contributed by atoms with Crippen LogP contribution in [0.15, 0.2) is 22.6 Å². The number of carbonyl (C=O) groups is 1. The second kappa shape index (κ2) is 6.85.